The minimum Gasteiger partial charge on any atom is -0.420 e. The highest BCUT2D eigenvalue weighted by atomic mass is 19.4. The van der Waals surface area contributed by atoms with Crippen LogP contribution in [0.4, 0.5) is 18.9 Å². The topological polar surface area (TPSA) is 102 Å². The van der Waals surface area contributed by atoms with Crippen molar-refractivity contribution in [3.05, 3.63) is 75.7 Å². The molecule has 0 spiro atoms. The Bertz CT molecular complexity index is 1130. The maximum Gasteiger partial charge on any atom is 0.416 e. The third-order valence-electron chi connectivity index (χ3n) is 5.28. The zero-order valence-corrected chi connectivity index (χ0v) is 16.6. The van der Waals surface area contributed by atoms with Gasteiger partial charge in [-0.1, -0.05) is 0 Å². The van der Waals surface area contributed by atoms with Gasteiger partial charge in [-0.15, -0.1) is 10.2 Å². The van der Waals surface area contributed by atoms with Gasteiger partial charge in [0.05, 0.1) is 16.4 Å². The highest BCUT2D eigenvalue weighted by molar-refractivity contribution is 5.94. The van der Waals surface area contributed by atoms with E-state index in [0.29, 0.717) is 42.9 Å². The average Bonchev–Trinajstić information content (AvgIpc) is 3.29. The summed E-state index contributed by atoms with van der Waals surface area (Å²) >= 11 is 0. The number of halogens is 3. The van der Waals surface area contributed by atoms with Crippen LogP contribution in [-0.2, 0) is 6.18 Å². The number of likely N-dealkylation sites (tertiary alicyclic amines) is 1. The van der Waals surface area contributed by atoms with Crippen molar-refractivity contribution in [2.45, 2.75) is 24.9 Å². The Hall–Kier alpha value is -3.76. The zero-order valence-electron chi connectivity index (χ0n) is 16.6. The Morgan fingerprint density at radius 2 is 1.78 bits per heavy atom. The Morgan fingerprint density at radius 1 is 1.09 bits per heavy atom. The Kier molecular flexibility index (Phi) is 5.64. The Morgan fingerprint density at radius 3 is 2.41 bits per heavy atom. The standard InChI is InChI=1S/C21H17F3N4O4/c22-21(23,24)16-7-3-13(4-8-16)18-25-26-19(32-18)15-2-1-11-27(12-15)20(29)14-5-9-17(10-6-14)28(30)31/h3-10,15H,1-2,11-12H2. The third kappa shape index (κ3) is 4.46. The quantitative estimate of drug-likeness (QED) is 0.426. The number of carbonyl (C=O) groups is 1. The minimum atomic E-state index is -4.43. The van der Waals surface area contributed by atoms with Crippen molar-refractivity contribution in [3.63, 3.8) is 0 Å². The van der Waals surface area contributed by atoms with E-state index in [-0.39, 0.29) is 23.4 Å². The number of non-ortho nitro benzene ring substituents is 1. The average molecular weight is 446 g/mol. The normalized spacial score (nSPS) is 16.7. The molecular formula is C21H17F3N4O4. The van der Waals surface area contributed by atoms with Crippen LogP contribution < -0.4 is 0 Å². The molecule has 1 amide bonds. The summed E-state index contributed by atoms with van der Waals surface area (Å²) in [4.78, 5) is 24.7. The van der Waals surface area contributed by atoms with Crippen LogP contribution in [-0.4, -0.2) is 39.0 Å². The van der Waals surface area contributed by atoms with E-state index >= 15 is 0 Å². The van der Waals surface area contributed by atoms with Gasteiger partial charge in [0.1, 0.15) is 0 Å². The van der Waals surface area contributed by atoms with Crippen molar-refractivity contribution in [2.24, 2.45) is 0 Å². The number of amides is 1. The monoisotopic (exact) mass is 446 g/mol. The number of rotatable bonds is 4. The molecule has 1 unspecified atom stereocenters. The molecule has 0 saturated carbocycles. The number of benzene rings is 2. The molecule has 0 N–H and O–H groups in total. The summed E-state index contributed by atoms with van der Waals surface area (Å²) in [6.07, 6.45) is -3.03. The Labute approximate surface area is 179 Å². The lowest BCUT2D eigenvalue weighted by molar-refractivity contribution is -0.384. The van der Waals surface area contributed by atoms with E-state index in [2.05, 4.69) is 10.2 Å². The van der Waals surface area contributed by atoms with Gasteiger partial charge in [0.25, 0.3) is 11.6 Å². The molecule has 3 aromatic rings. The number of piperidine rings is 1. The lowest BCUT2D eigenvalue weighted by Gasteiger charge is -2.31. The first-order chi connectivity index (χ1) is 15.2. The van der Waals surface area contributed by atoms with Crippen LogP contribution in [0.1, 0.15) is 40.6 Å². The molecule has 0 radical (unpaired) electrons. The number of aromatic nitrogens is 2. The van der Waals surface area contributed by atoms with Crippen LogP contribution in [0.2, 0.25) is 0 Å². The number of nitro groups is 1. The van der Waals surface area contributed by atoms with Crippen molar-refractivity contribution in [2.75, 3.05) is 13.1 Å². The molecule has 1 aliphatic heterocycles. The van der Waals surface area contributed by atoms with Crippen LogP contribution in [0.15, 0.2) is 52.9 Å². The fourth-order valence-electron chi connectivity index (χ4n) is 3.59. The molecule has 1 aromatic heterocycles. The molecule has 4 rings (SSSR count). The molecule has 32 heavy (non-hydrogen) atoms. The smallest absolute Gasteiger partial charge is 0.416 e. The van der Waals surface area contributed by atoms with Gasteiger partial charge < -0.3 is 9.32 Å². The van der Waals surface area contributed by atoms with Gasteiger partial charge >= 0.3 is 6.18 Å². The van der Waals surface area contributed by atoms with Crippen LogP contribution in [0.25, 0.3) is 11.5 Å². The molecule has 11 heteroatoms. The van der Waals surface area contributed by atoms with Crippen LogP contribution in [0.5, 0.6) is 0 Å². The predicted molar refractivity (Wildman–Crippen MR) is 106 cm³/mol. The predicted octanol–water partition coefficient (Wildman–Crippen LogP) is 4.68. The van der Waals surface area contributed by atoms with Crippen molar-refractivity contribution in [1.29, 1.82) is 0 Å². The van der Waals surface area contributed by atoms with E-state index in [1.165, 1.54) is 36.4 Å². The highest BCUT2D eigenvalue weighted by Gasteiger charge is 2.31. The van der Waals surface area contributed by atoms with Crippen LogP contribution >= 0.6 is 0 Å². The molecule has 166 valence electrons. The molecule has 1 saturated heterocycles. The van der Waals surface area contributed by atoms with Gasteiger partial charge in [-0.05, 0) is 49.2 Å². The van der Waals surface area contributed by atoms with Gasteiger partial charge in [-0.2, -0.15) is 13.2 Å². The Balaban J connectivity index is 1.46. The fraction of sp³-hybridized carbons (Fsp3) is 0.286. The SMILES string of the molecule is O=C(c1ccc([N+](=O)[O-])cc1)N1CCCC(c2nnc(-c3ccc(C(F)(F)F)cc3)o2)C1. The van der Waals surface area contributed by atoms with E-state index < -0.39 is 16.7 Å². The summed E-state index contributed by atoms with van der Waals surface area (Å²) in [5.41, 5.74) is -0.160. The lowest BCUT2D eigenvalue weighted by Crippen LogP contribution is -2.39. The molecule has 2 aromatic carbocycles. The van der Waals surface area contributed by atoms with Crippen molar-refractivity contribution >= 4 is 11.6 Å². The van der Waals surface area contributed by atoms with E-state index in [0.717, 1.165) is 12.1 Å². The number of hydrogen-bond donors (Lipinski definition) is 0. The summed E-state index contributed by atoms with van der Waals surface area (Å²) in [6, 6.07) is 9.83. The molecule has 0 aliphatic carbocycles. The highest BCUT2D eigenvalue weighted by Crippen LogP contribution is 2.32. The molecule has 2 heterocycles. The van der Waals surface area contributed by atoms with Gasteiger partial charge in [0, 0.05) is 36.3 Å². The largest absolute Gasteiger partial charge is 0.420 e. The van der Waals surface area contributed by atoms with Gasteiger partial charge in [0.2, 0.25) is 11.8 Å². The van der Waals surface area contributed by atoms with Crippen LogP contribution in [0.3, 0.4) is 0 Å². The van der Waals surface area contributed by atoms with E-state index in [1.807, 2.05) is 0 Å². The van der Waals surface area contributed by atoms with Crippen molar-refractivity contribution in [3.8, 4) is 11.5 Å². The second-order valence-electron chi connectivity index (χ2n) is 7.41. The second-order valence-corrected chi connectivity index (χ2v) is 7.41. The van der Waals surface area contributed by atoms with E-state index in [1.54, 1.807) is 4.90 Å². The first kappa shape index (κ1) is 21.5. The summed E-state index contributed by atoms with van der Waals surface area (Å²) in [6.45, 7) is 0.844. The summed E-state index contributed by atoms with van der Waals surface area (Å²) in [5, 5.41) is 18.8. The van der Waals surface area contributed by atoms with E-state index in [9.17, 15) is 28.1 Å². The second kappa shape index (κ2) is 8.40. The van der Waals surface area contributed by atoms with Crippen LogP contribution in [0, 0.1) is 10.1 Å². The van der Waals surface area contributed by atoms with Gasteiger partial charge in [-0.25, -0.2) is 0 Å². The zero-order chi connectivity index (χ0) is 22.9. The number of carbonyl (C=O) groups excluding carboxylic acids is 1. The first-order valence-corrected chi connectivity index (χ1v) is 9.77. The summed E-state index contributed by atoms with van der Waals surface area (Å²) < 4.78 is 43.9. The summed E-state index contributed by atoms with van der Waals surface area (Å²) in [7, 11) is 0. The maximum atomic E-state index is 12.8. The third-order valence-corrected chi connectivity index (χ3v) is 5.28. The molecule has 8 nitrogen and oxygen atoms in total. The van der Waals surface area contributed by atoms with Gasteiger partial charge in [-0.3, -0.25) is 14.9 Å². The molecule has 1 atom stereocenters. The van der Waals surface area contributed by atoms with Crippen molar-refractivity contribution < 1.29 is 27.3 Å². The summed E-state index contributed by atoms with van der Waals surface area (Å²) in [5.74, 6) is -0.0674. The number of hydrogen-bond acceptors (Lipinski definition) is 6. The molecular weight excluding hydrogens is 429 g/mol. The fourth-order valence-corrected chi connectivity index (χ4v) is 3.59. The van der Waals surface area contributed by atoms with Crippen molar-refractivity contribution in [1.82, 2.24) is 15.1 Å². The minimum absolute atomic E-state index is 0.0975. The maximum absolute atomic E-state index is 12.8. The molecule has 1 aliphatic rings. The first-order valence-electron chi connectivity index (χ1n) is 9.77. The lowest BCUT2D eigenvalue weighted by atomic mass is 9.97. The number of alkyl halides is 3. The van der Waals surface area contributed by atoms with Gasteiger partial charge in [0.15, 0.2) is 0 Å². The molecule has 0 bridgehead atoms. The number of nitrogens with zero attached hydrogens (tertiary/aromatic N) is 4. The van der Waals surface area contributed by atoms with E-state index in [4.69, 9.17) is 4.42 Å². The number of nitro benzene ring substituents is 1. The molecule has 1 fully saturated rings.